The SMILES string of the molecule is CC/C(=C\C=C(C)C)OCCCN(C)CCNC. The predicted octanol–water partition coefficient (Wildman–Crippen LogP) is 2.80. The van der Waals surface area contributed by atoms with Gasteiger partial charge < -0.3 is 15.0 Å². The molecule has 0 unspecified atom stereocenters. The molecule has 3 nitrogen and oxygen atoms in total. The zero-order valence-corrected chi connectivity index (χ0v) is 12.8. The van der Waals surface area contributed by atoms with Crippen molar-refractivity contribution in [2.24, 2.45) is 0 Å². The second kappa shape index (κ2) is 11.3. The maximum atomic E-state index is 5.77. The molecule has 0 aliphatic rings. The van der Waals surface area contributed by atoms with Gasteiger partial charge in [0.05, 0.1) is 12.4 Å². The van der Waals surface area contributed by atoms with Crippen LogP contribution in [0.15, 0.2) is 23.5 Å². The number of nitrogens with one attached hydrogen (secondary N) is 1. The van der Waals surface area contributed by atoms with Crippen LogP contribution in [0.1, 0.15) is 33.6 Å². The van der Waals surface area contributed by atoms with Gasteiger partial charge in [-0.2, -0.15) is 0 Å². The molecule has 0 heterocycles. The number of hydrogen-bond donors (Lipinski definition) is 1. The number of allylic oxidation sites excluding steroid dienone is 4. The van der Waals surface area contributed by atoms with Gasteiger partial charge in [-0.3, -0.25) is 0 Å². The molecule has 1 N–H and O–H groups in total. The molecule has 18 heavy (non-hydrogen) atoms. The third-order valence-corrected chi connectivity index (χ3v) is 2.67. The molecule has 0 saturated carbocycles. The second-order valence-electron chi connectivity index (χ2n) is 4.84. The van der Waals surface area contributed by atoms with Gasteiger partial charge in [-0.15, -0.1) is 0 Å². The normalized spacial score (nSPS) is 11.8. The highest BCUT2D eigenvalue weighted by Gasteiger charge is 1.98. The van der Waals surface area contributed by atoms with E-state index in [0.717, 1.165) is 44.8 Å². The quantitative estimate of drug-likeness (QED) is 0.368. The van der Waals surface area contributed by atoms with E-state index in [1.54, 1.807) is 0 Å². The molecule has 0 rings (SSSR count). The summed E-state index contributed by atoms with van der Waals surface area (Å²) >= 11 is 0. The highest BCUT2D eigenvalue weighted by atomic mass is 16.5. The van der Waals surface area contributed by atoms with Crippen molar-refractivity contribution in [3.05, 3.63) is 23.5 Å². The first-order valence-corrected chi connectivity index (χ1v) is 6.90. The van der Waals surface area contributed by atoms with Gasteiger partial charge in [-0.1, -0.05) is 18.6 Å². The third kappa shape index (κ3) is 10.4. The Morgan fingerprint density at radius 1 is 1.22 bits per heavy atom. The van der Waals surface area contributed by atoms with Crippen molar-refractivity contribution in [2.45, 2.75) is 33.6 Å². The van der Waals surface area contributed by atoms with Crippen LogP contribution in [0.25, 0.3) is 0 Å². The van der Waals surface area contributed by atoms with Crippen LogP contribution in [0.4, 0.5) is 0 Å². The van der Waals surface area contributed by atoms with E-state index in [1.165, 1.54) is 5.57 Å². The molecular weight excluding hydrogens is 224 g/mol. The van der Waals surface area contributed by atoms with Crippen LogP contribution in [-0.2, 0) is 4.74 Å². The van der Waals surface area contributed by atoms with Crippen LogP contribution >= 0.6 is 0 Å². The number of likely N-dealkylation sites (N-methyl/N-ethyl adjacent to an activating group) is 2. The molecule has 0 spiro atoms. The first-order chi connectivity index (χ1) is 8.60. The van der Waals surface area contributed by atoms with E-state index in [4.69, 9.17) is 4.74 Å². The van der Waals surface area contributed by atoms with Crippen molar-refractivity contribution >= 4 is 0 Å². The fraction of sp³-hybridized carbons (Fsp3) is 0.733. The van der Waals surface area contributed by atoms with Crippen molar-refractivity contribution in [1.82, 2.24) is 10.2 Å². The van der Waals surface area contributed by atoms with Crippen LogP contribution in [-0.4, -0.2) is 45.2 Å². The Morgan fingerprint density at radius 2 is 1.94 bits per heavy atom. The lowest BCUT2D eigenvalue weighted by atomic mass is 10.3. The Labute approximate surface area is 113 Å². The number of hydrogen-bond acceptors (Lipinski definition) is 3. The van der Waals surface area contributed by atoms with Crippen LogP contribution in [0.5, 0.6) is 0 Å². The molecule has 106 valence electrons. The van der Waals surface area contributed by atoms with Gasteiger partial charge in [0.2, 0.25) is 0 Å². The van der Waals surface area contributed by atoms with Crippen LogP contribution in [0, 0.1) is 0 Å². The summed E-state index contributed by atoms with van der Waals surface area (Å²) in [6.07, 6.45) is 6.23. The second-order valence-corrected chi connectivity index (χ2v) is 4.84. The van der Waals surface area contributed by atoms with Crippen LogP contribution in [0.2, 0.25) is 0 Å². The summed E-state index contributed by atoms with van der Waals surface area (Å²) in [5, 5.41) is 3.16. The Kier molecular flexibility index (Phi) is 10.8. The molecule has 0 radical (unpaired) electrons. The van der Waals surface area contributed by atoms with Crippen LogP contribution in [0.3, 0.4) is 0 Å². The molecule has 0 atom stereocenters. The van der Waals surface area contributed by atoms with E-state index < -0.39 is 0 Å². The van der Waals surface area contributed by atoms with Crippen LogP contribution < -0.4 is 5.32 Å². The molecule has 0 amide bonds. The van der Waals surface area contributed by atoms with E-state index in [-0.39, 0.29) is 0 Å². The summed E-state index contributed by atoms with van der Waals surface area (Å²) in [4.78, 5) is 2.32. The zero-order valence-electron chi connectivity index (χ0n) is 12.8. The summed E-state index contributed by atoms with van der Waals surface area (Å²) in [6, 6.07) is 0. The smallest absolute Gasteiger partial charge is 0.0956 e. The number of rotatable bonds is 10. The minimum absolute atomic E-state index is 0.806. The Bertz CT molecular complexity index is 255. The van der Waals surface area contributed by atoms with E-state index in [1.807, 2.05) is 7.05 Å². The Balaban J connectivity index is 3.75. The zero-order chi connectivity index (χ0) is 13.8. The third-order valence-electron chi connectivity index (χ3n) is 2.67. The summed E-state index contributed by atoms with van der Waals surface area (Å²) < 4.78 is 5.77. The number of nitrogens with zero attached hydrogens (tertiary/aromatic N) is 1. The van der Waals surface area contributed by atoms with Gasteiger partial charge in [-0.25, -0.2) is 0 Å². The number of ether oxygens (including phenoxy) is 1. The molecular formula is C15H30N2O. The van der Waals surface area contributed by atoms with E-state index in [0.29, 0.717) is 0 Å². The van der Waals surface area contributed by atoms with Crippen molar-refractivity contribution in [3.8, 4) is 0 Å². The lowest BCUT2D eigenvalue weighted by Gasteiger charge is -2.16. The van der Waals surface area contributed by atoms with Crippen molar-refractivity contribution in [3.63, 3.8) is 0 Å². The fourth-order valence-corrected chi connectivity index (χ4v) is 1.48. The minimum atomic E-state index is 0.806. The molecule has 0 aromatic rings. The lowest BCUT2D eigenvalue weighted by molar-refractivity contribution is 0.185. The van der Waals surface area contributed by atoms with Gasteiger partial charge in [-0.05, 0) is 40.4 Å². The summed E-state index contributed by atoms with van der Waals surface area (Å²) in [5.41, 5.74) is 1.30. The predicted molar refractivity (Wildman–Crippen MR) is 79.8 cm³/mol. The molecule has 0 bridgehead atoms. The highest BCUT2D eigenvalue weighted by molar-refractivity contribution is 5.11. The minimum Gasteiger partial charge on any atom is -0.498 e. The summed E-state index contributed by atoms with van der Waals surface area (Å²) in [6.45, 7) is 10.3. The average molecular weight is 254 g/mol. The van der Waals surface area contributed by atoms with Gasteiger partial charge in [0.1, 0.15) is 0 Å². The highest BCUT2D eigenvalue weighted by Crippen LogP contribution is 2.05. The van der Waals surface area contributed by atoms with Gasteiger partial charge in [0.15, 0.2) is 0 Å². The largest absolute Gasteiger partial charge is 0.498 e. The van der Waals surface area contributed by atoms with Crippen molar-refractivity contribution in [1.29, 1.82) is 0 Å². The average Bonchev–Trinajstić information content (AvgIpc) is 2.35. The fourth-order valence-electron chi connectivity index (χ4n) is 1.48. The van der Waals surface area contributed by atoms with E-state index >= 15 is 0 Å². The van der Waals surface area contributed by atoms with E-state index in [2.05, 4.69) is 50.2 Å². The van der Waals surface area contributed by atoms with Crippen molar-refractivity contribution in [2.75, 3.05) is 40.3 Å². The topological polar surface area (TPSA) is 24.5 Å². The molecule has 0 aromatic carbocycles. The van der Waals surface area contributed by atoms with E-state index in [9.17, 15) is 0 Å². The molecule has 0 fully saturated rings. The maximum Gasteiger partial charge on any atom is 0.0956 e. The van der Waals surface area contributed by atoms with Gasteiger partial charge in [0.25, 0.3) is 0 Å². The standard InChI is InChI=1S/C15H30N2O/c1-6-15(9-8-14(2)3)18-13-7-11-17(5)12-10-16-4/h8-9,16H,6-7,10-13H2,1-5H3/b15-9+. The summed E-state index contributed by atoms with van der Waals surface area (Å²) in [5.74, 6) is 1.08. The maximum absolute atomic E-state index is 5.77. The monoisotopic (exact) mass is 254 g/mol. The molecule has 0 aliphatic carbocycles. The first-order valence-electron chi connectivity index (χ1n) is 6.90. The van der Waals surface area contributed by atoms with Crippen molar-refractivity contribution < 1.29 is 4.74 Å². The first kappa shape index (κ1) is 17.2. The Hall–Kier alpha value is -0.800. The summed E-state index contributed by atoms with van der Waals surface area (Å²) in [7, 11) is 4.13. The van der Waals surface area contributed by atoms with Gasteiger partial charge >= 0.3 is 0 Å². The molecule has 3 heteroatoms. The molecule has 0 aliphatic heterocycles. The molecule has 0 aromatic heterocycles. The Morgan fingerprint density at radius 3 is 2.50 bits per heavy atom. The van der Waals surface area contributed by atoms with Gasteiger partial charge in [0, 0.05) is 26.1 Å². The molecule has 0 saturated heterocycles. The lowest BCUT2D eigenvalue weighted by Crippen LogP contribution is -2.28.